The molecule has 3 heterocycles. The summed E-state index contributed by atoms with van der Waals surface area (Å²) in [7, 11) is 0. The van der Waals surface area contributed by atoms with Gasteiger partial charge in [-0.3, -0.25) is 19.3 Å². The van der Waals surface area contributed by atoms with Crippen molar-refractivity contribution in [3.05, 3.63) is 99.9 Å². The lowest BCUT2D eigenvalue weighted by molar-refractivity contribution is -0.164. The first-order valence-corrected chi connectivity index (χ1v) is 22.5. The van der Waals surface area contributed by atoms with E-state index in [9.17, 15) is 19.6 Å². The van der Waals surface area contributed by atoms with Crippen LogP contribution in [-0.2, 0) is 16.1 Å². The fourth-order valence-corrected chi connectivity index (χ4v) is 10.4. The van der Waals surface area contributed by atoms with Gasteiger partial charge in [-0.05, 0) is 65.9 Å². The maximum Gasteiger partial charge on any atom is 0.254 e. The number of rotatable bonds is 16. The Labute approximate surface area is 380 Å². The molecule has 14 nitrogen and oxygen atoms in total. The maximum atomic E-state index is 14.0. The number of aromatic nitrogens is 2. The summed E-state index contributed by atoms with van der Waals surface area (Å²) < 4.78 is 18.1. The molecule has 0 radical (unpaired) electrons. The predicted octanol–water partition coefficient (Wildman–Crippen LogP) is 7.32. The number of carbonyl (C=O) groups is 3. The second-order valence-corrected chi connectivity index (χ2v) is 19.2. The molecule has 3 aliphatic rings. The van der Waals surface area contributed by atoms with Crippen LogP contribution in [0.3, 0.4) is 0 Å². The number of carbonyl (C=O) groups excluding carboxylic acids is 3. The van der Waals surface area contributed by atoms with Crippen molar-refractivity contribution in [2.24, 2.45) is 28.6 Å². The zero-order chi connectivity index (χ0) is 45.8. The number of hydrogen-bond acceptors (Lipinski definition) is 12. The molecule has 3 atom stereocenters. The molecule has 2 N–H and O–H groups in total. The number of pyridine rings is 1. The van der Waals surface area contributed by atoms with Crippen molar-refractivity contribution in [3.8, 4) is 23.8 Å². The Morgan fingerprint density at radius 3 is 2.30 bits per heavy atom. The third-order valence-corrected chi connectivity index (χ3v) is 13.7. The summed E-state index contributed by atoms with van der Waals surface area (Å²) in [6.07, 6.45) is 3.52. The van der Waals surface area contributed by atoms with Crippen LogP contribution in [0.5, 0.6) is 11.6 Å². The van der Waals surface area contributed by atoms with E-state index in [1.54, 1.807) is 42.6 Å². The summed E-state index contributed by atoms with van der Waals surface area (Å²) in [5, 5.41) is 29.0. The number of halogens is 1. The number of nitriles is 2. The fourth-order valence-electron chi connectivity index (χ4n) is 10.1. The Balaban J connectivity index is 0.848. The van der Waals surface area contributed by atoms with Gasteiger partial charge in [-0.2, -0.15) is 10.5 Å². The number of Topliss-reactive ketones (excluding diaryl/α,β-unsaturated/α-hetero) is 1. The predicted molar refractivity (Wildman–Crippen MR) is 241 cm³/mol. The average molecular weight is 889 g/mol. The Morgan fingerprint density at radius 2 is 1.66 bits per heavy atom. The van der Waals surface area contributed by atoms with Crippen molar-refractivity contribution < 1.29 is 28.4 Å². The third kappa shape index (κ3) is 9.89. The molecular weight excluding hydrogens is 832 g/mol. The van der Waals surface area contributed by atoms with E-state index in [0.717, 1.165) is 44.0 Å². The van der Waals surface area contributed by atoms with E-state index in [1.807, 2.05) is 38.1 Å². The van der Waals surface area contributed by atoms with E-state index in [1.165, 1.54) is 0 Å². The van der Waals surface area contributed by atoms with Crippen molar-refractivity contribution in [1.29, 1.82) is 10.5 Å². The molecule has 4 aromatic rings. The van der Waals surface area contributed by atoms with E-state index in [2.05, 4.69) is 70.4 Å². The van der Waals surface area contributed by atoms with E-state index in [-0.39, 0.29) is 46.5 Å². The summed E-state index contributed by atoms with van der Waals surface area (Å²) in [5.41, 5.74) is 1.56. The molecule has 3 fully saturated rings. The van der Waals surface area contributed by atoms with Gasteiger partial charge in [0.1, 0.15) is 36.1 Å². The highest BCUT2D eigenvalue weighted by atomic mass is 35.5. The number of amides is 2. The molecule has 64 heavy (non-hydrogen) atoms. The lowest BCUT2D eigenvalue weighted by atomic mass is 9.49. The highest BCUT2D eigenvalue weighted by molar-refractivity contribution is 6.31. The zero-order valence-electron chi connectivity index (χ0n) is 37.4. The van der Waals surface area contributed by atoms with Gasteiger partial charge in [-0.1, -0.05) is 71.7 Å². The standard InChI is InChI=1S/C49H57ClN8O6/c1-30(2)42(43(59)36-8-7-9-37(36)45(61)54-28-32-12-10-31(26-51)11-13-32)39-25-41(56-64-39)62-23-22-57-18-20-58(21-19-57)40-17-15-34(29-53-40)44(60)55-46-48(3,4)47(49(46,5)6)63-35-16-14-33(27-52)38(50)24-35/h10-17,24-25,29-30,36-37,42,46-47H,7-9,18-23,28H2,1-6H3,(H,54,61)(H,55,60)/t36?,37-,42+,46?,47?/m1/s1. The van der Waals surface area contributed by atoms with Gasteiger partial charge < -0.3 is 29.5 Å². The molecule has 2 aliphatic carbocycles. The Morgan fingerprint density at radius 1 is 0.938 bits per heavy atom. The second-order valence-electron chi connectivity index (χ2n) is 18.7. The normalized spacial score (nSPS) is 21.8. The van der Waals surface area contributed by atoms with Gasteiger partial charge in [-0.25, -0.2) is 4.98 Å². The molecule has 0 spiro atoms. The van der Waals surface area contributed by atoms with Crippen molar-refractivity contribution in [2.45, 2.75) is 85.4 Å². The number of nitrogens with zero attached hydrogens (tertiary/aromatic N) is 6. The van der Waals surface area contributed by atoms with Gasteiger partial charge in [0.2, 0.25) is 5.91 Å². The van der Waals surface area contributed by atoms with Crippen LogP contribution in [0.1, 0.15) is 99.5 Å². The van der Waals surface area contributed by atoms with E-state index < -0.39 is 17.8 Å². The molecule has 2 saturated carbocycles. The summed E-state index contributed by atoms with van der Waals surface area (Å²) in [6.45, 7) is 16.8. The summed E-state index contributed by atoms with van der Waals surface area (Å²) in [4.78, 5) is 50.0. The number of nitrogens with one attached hydrogen (secondary N) is 2. The fraction of sp³-hybridized carbons (Fsp3) is 0.490. The number of ketones is 1. The molecule has 15 heteroatoms. The van der Waals surface area contributed by atoms with Gasteiger partial charge in [0, 0.05) is 86.3 Å². The van der Waals surface area contributed by atoms with Gasteiger partial charge in [-0.15, -0.1) is 0 Å². The highest BCUT2D eigenvalue weighted by Gasteiger charge is 2.64. The highest BCUT2D eigenvalue weighted by Crippen LogP contribution is 2.55. The van der Waals surface area contributed by atoms with E-state index in [0.29, 0.717) is 71.6 Å². The smallest absolute Gasteiger partial charge is 0.254 e. The number of benzene rings is 2. The summed E-state index contributed by atoms with van der Waals surface area (Å²) in [6, 6.07) is 21.6. The minimum Gasteiger partial charge on any atom is -0.489 e. The minimum atomic E-state index is -0.551. The maximum absolute atomic E-state index is 14.0. The first kappa shape index (κ1) is 46.0. The SMILES string of the molecule is CC(C)[C@H](C(=O)C1CCC[C@H]1C(=O)NCc1ccc(C#N)cc1)c1cc(OCCN2CCN(c3ccc(C(=O)NC4C(C)(C)C(Oc5ccc(C#N)c(Cl)c5)C4(C)C)cn3)CC2)no1. The lowest BCUT2D eigenvalue weighted by Gasteiger charge is -2.63. The van der Waals surface area contributed by atoms with Crippen molar-refractivity contribution in [3.63, 3.8) is 0 Å². The second kappa shape index (κ2) is 19.4. The Kier molecular flexibility index (Phi) is 14.0. The van der Waals surface area contributed by atoms with Gasteiger partial charge in [0.15, 0.2) is 5.76 Å². The lowest BCUT2D eigenvalue weighted by Crippen LogP contribution is -2.74. The van der Waals surface area contributed by atoms with Gasteiger partial charge in [0.25, 0.3) is 11.8 Å². The van der Waals surface area contributed by atoms with Crippen molar-refractivity contribution in [2.75, 3.05) is 44.2 Å². The Hall–Kier alpha value is -5.96. The van der Waals surface area contributed by atoms with Crippen LogP contribution in [0.4, 0.5) is 5.82 Å². The molecule has 1 unspecified atom stereocenters. The number of ether oxygens (including phenoxy) is 2. The van der Waals surface area contributed by atoms with E-state index >= 15 is 0 Å². The third-order valence-electron chi connectivity index (χ3n) is 13.3. The van der Waals surface area contributed by atoms with Crippen LogP contribution in [0.25, 0.3) is 0 Å². The van der Waals surface area contributed by atoms with Gasteiger partial charge >= 0.3 is 0 Å². The first-order chi connectivity index (χ1) is 30.6. The molecule has 1 saturated heterocycles. The molecule has 336 valence electrons. The van der Waals surface area contributed by atoms with Crippen LogP contribution in [-0.4, -0.2) is 84.1 Å². The molecule has 7 rings (SSSR count). The van der Waals surface area contributed by atoms with Crippen molar-refractivity contribution in [1.82, 2.24) is 25.7 Å². The monoisotopic (exact) mass is 888 g/mol. The quantitative estimate of drug-likeness (QED) is 0.114. The molecule has 2 amide bonds. The molecular formula is C49H57ClN8O6. The molecule has 2 aromatic heterocycles. The molecule has 1 aliphatic heterocycles. The van der Waals surface area contributed by atoms with E-state index in [4.69, 9.17) is 30.9 Å². The summed E-state index contributed by atoms with van der Waals surface area (Å²) >= 11 is 6.25. The van der Waals surface area contributed by atoms with Crippen LogP contribution < -0.4 is 25.0 Å². The zero-order valence-corrected chi connectivity index (χ0v) is 38.2. The van der Waals surface area contributed by atoms with Crippen LogP contribution in [0.2, 0.25) is 5.02 Å². The van der Waals surface area contributed by atoms with Crippen molar-refractivity contribution >= 4 is 35.0 Å². The van der Waals surface area contributed by atoms with Crippen LogP contribution >= 0.6 is 11.6 Å². The number of piperazine rings is 1. The summed E-state index contributed by atoms with van der Waals surface area (Å²) in [5.74, 6) is 0.393. The van der Waals surface area contributed by atoms with Crippen LogP contribution in [0, 0.1) is 51.2 Å². The Bertz CT molecular complexity index is 2380. The molecule has 0 bridgehead atoms. The topological polar surface area (TPSA) is 187 Å². The number of anilines is 1. The minimum absolute atomic E-state index is 0.00544. The van der Waals surface area contributed by atoms with Gasteiger partial charge in [0.05, 0.1) is 33.7 Å². The molecule has 2 aromatic carbocycles. The first-order valence-electron chi connectivity index (χ1n) is 22.1. The largest absolute Gasteiger partial charge is 0.489 e. The number of hydrogen-bond donors (Lipinski definition) is 2. The average Bonchev–Trinajstić information content (AvgIpc) is 3.97. The van der Waals surface area contributed by atoms with Crippen LogP contribution in [0.15, 0.2) is 71.4 Å².